The average molecular weight is 207 g/mol. The number of methoxy groups -OCH3 is 1. The molecule has 0 saturated heterocycles. The van der Waals surface area contributed by atoms with Gasteiger partial charge in [0.15, 0.2) is 0 Å². The highest BCUT2D eigenvalue weighted by Crippen LogP contribution is 2.13. The second-order valence-electron chi connectivity index (χ2n) is 3.72. The largest absolute Gasteiger partial charge is 0.497 e. The van der Waals surface area contributed by atoms with Crippen molar-refractivity contribution in [3.8, 4) is 5.75 Å². The van der Waals surface area contributed by atoms with Crippen LogP contribution < -0.4 is 10.1 Å². The Morgan fingerprint density at radius 2 is 1.87 bits per heavy atom. The van der Waals surface area contributed by atoms with E-state index < -0.39 is 0 Å². The van der Waals surface area contributed by atoms with Crippen LogP contribution in [-0.2, 0) is 6.42 Å². The maximum absolute atomic E-state index is 5.13. The summed E-state index contributed by atoms with van der Waals surface area (Å²) in [6, 6.07) is 8.91. The van der Waals surface area contributed by atoms with Crippen molar-refractivity contribution in [2.45, 2.75) is 32.7 Å². The van der Waals surface area contributed by atoms with E-state index in [0.29, 0.717) is 6.04 Å². The molecule has 0 fully saturated rings. The van der Waals surface area contributed by atoms with Gasteiger partial charge in [0.1, 0.15) is 5.75 Å². The lowest BCUT2D eigenvalue weighted by Gasteiger charge is -2.15. The summed E-state index contributed by atoms with van der Waals surface area (Å²) < 4.78 is 5.13. The molecule has 0 radical (unpaired) electrons. The van der Waals surface area contributed by atoms with Crippen LogP contribution in [0.1, 0.15) is 25.8 Å². The van der Waals surface area contributed by atoms with Crippen molar-refractivity contribution in [2.24, 2.45) is 0 Å². The summed E-state index contributed by atoms with van der Waals surface area (Å²) in [5.74, 6) is 0.926. The second-order valence-corrected chi connectivity index (χ2v) is 3.72. The van der Waals surface area contributed by atoms with E-state index in [1.165, 1.54) is 12.0 Å². The van der Waals surface area contributed by atoms with Gasteiger partial charge in [0.25, 0.3) is 0 Å². The molecule has 15 heavy (non-hydrogen) atoms. The van der Waals surface area contributed by atoms with Crippen LogP contribution in [-0.4, -0.2) is 19.7 Å². The molecule has 0 aromatic heterocycles. The normalized spacial score (nSPS) is 12.5. The van der Waals surface area contributed by atoms with Gasteiger partial charge < -0.3 is 10.1 Å². The third kappa shape index (κ3) is 3.92. The third-order valence-corrected chi connectivity index (χ3v) is 2.63. The zero-order valence-electron chi connectivity index (χ0n) is 9.92. The molecule has 1 atom stereocenters. The minimum Gasteiger partial charge on any atom is -0.497 e. The molecule has 0 aliphatic carbocycles. The fourth-order valence-corrected chi connectivity index (χ4v) is 1.70. The van der Waals surface area contributed by atoms with Crippen LogP contribution in [0.5, 0.6) is 5.75 Å². The molecule has 0 spiro atoms. The van der Waals surface area contributed by atoms with Gasteiger partial charge in [-0.1, -0.05) is 26.0 Å². The predicted octanol–water partition coefficient (Wildman–Crippen LogP) is 2.63. The summed E-state index contributed by atoms with van der Waals surface area (Å²) in [4.78, 5) is 0. The van der Waals surface area contributed by atoms with Crippen LogP contribution in [0, 0.1) is 0 Å². The summed E-state index contributed by atoms with van der Waals surface area (Å²) in [6.45, 7) is 5.40. The molecule has 0 bridgehead atoms. The minimum atomic E-state index is 0.586. The quantitative estimate of drug-likeness (QED) is 0.774. The Morgan fingerprint density at radius 1 is 1.20 bits per heavy atom. The van der Waals surface area contributed by atoms with Crippen molar-refractivity contribution in [1.29, 1.82) is 0 Å². The number of likely N-dealkylation sites (N-methyl/N-ethyl adjacent to an activating group) is 1. The number of rotatable bonds is 6. The lowest BCUT2D eigenvalue weighted by atomic mass is 10.0. The van der Waals surface area contributed by atoms with Crippen LogP contribution in [0.3, 0.4) is 0 Å². The van der Waals surface area contributed by atoms with E-state index >= 15 is 0 Å². The van der Waals surface area contributed by atoms with Crippen molar-refractivity contribution in [1.82, 2.24) is 5.32 Å². The monoisotopic (exact) mass is 207 g/mol. The van der Waals surface area contributed by atoms with E-state index in [2.05, 4.69) is 31.3 Å². The highest BCUT2D eigenvalue weighted by atomic mass is 16.5. The molecule has 0 heterocycles. The van der Waals surface area contributed by atoms with E-state index in [0.717, 1.165) is 18.7 Å². The fourth-order valence-electron chi connectivity index (χ4n) is 1.70. The molecular formula is C13H21NO. The van der Waals surface area contributed by atoms with E-state index in [9.17, 15) is 0 Å². The maximum Gasteiger partial charge on any atom is 0.118 e. The lowest BCUT2D eigenvalue weighted by Crippen LogP contribution is -2.30. The number of hydrogen-bond donors (Lipinski definition) is 1. The summed E-state index contributed by atoms with van der Waals surface area (Å²) in [6.07, 6.45) is 2.26. The standard InChI is InChI=1S/C13H21NO/c1-4-12(14-5-2)10-11-6-8-13(15-3)9-7-11/h6-9,12,14H,4-5,10H2,1-3H3. The Bertz CT molecular complexity index is 268. The van der Waals surface area contributed by atoms with Crippen LogP contribution in [0.15, 0.2) is 24.3 Å². The zero-order chi connectivity index (χ0) is 11.1. The maximum atomic E-state index is 5.13. The Kier molecular flexibility index (Phi) is 5.19. The highest BCUT2D eigenvalue weighted by Gasteiger charge is 2.05. The smallest absolute Gasteiger partial charge is 0.118 e. The second kappa shape index (κ2) is 6.46. The summed E-state index contributed by atoms with van der Waals surface area (Å²) in [5, 5.41) is 3.48. The average Bonchev–Trinajstić information content (AvgIpc) is 2.29. The van der Waals surface area contributed by atoms with Gasteiger partial charge in [0.2, 0.25) is 0 Å². The molecule has 2 nitrogen and oxygen atoms in total. The van der Waals surface area contributed by atoms with Gasteiger partial charge >= 0.3 is 0 Å². The molecule has 1 unspecified atom stereocenters. The number of benzene rings is 1. The van der Waals surface area contributed by atoms with Crippen molar-refractivity contribution < 1.29 is 4.74 Å². The molecule has 1 rings (SSSR count). The molecule has 0 saturated carbocycles. The van der Waals surface area contributed by atoms with Crippen LogP contribution in [0.2, 0.25) is 0 Å². The van der Waals surface area contributed by atoms with Gasteiger partial charge in [-0.25, -0.2) is 0 Å². The van der Waals surface area contributed by atoms with Crippen molar-refractivity contribution >= 4 is 0 Å². The Hall–Kier alpha value is -1.02. The first kappa shape index (κ1) is 12.1. The van der Waals surface area contributed by atoms with E-state index in [-0.39, 0.29) is 0 Å². The predicted molar refractivity (Wildman–Crippen MR) is 64.5 cm³/mol. The van der Waals surface area contributed by atoms with E-state index in [1.807, 2.05) is 12.1 Å². The van der Waals surface area contributed by atoms with Crippen molar-refractivity contribution in [3.05, 3.63) is 29.8 Å². The van der Waals surface area contributed by atoms with Gasteiger partial charge in [-0.3, -0.25) is 0 Å². The van der Waals surface area contributed by atoms with Crippen LogP contribution in [0.4, 0.5) is 0 Å². The summed E-state index contributed by atoms with van der Waals surface area (Å²) in [7, 11) is 1.70. The molecular weight excluding hydrogens is 186 g/mol. The van der Waals surface area contributed by atoms with E-state index in [1.54, 1.807) is 7.11 Å². The Balaban J connectivity index is 2.55. The molecule has 84 valence electrons. The lowest BCUT2D eigenvalue weighted by molar-refractivity contribution is 0.414. The Morgan fingerprint density at radius 3 is 2.33 bits per heavy atom. The molecule has 2 heteroatoms. The Labute approximate surface area is 92.6 Å². The topological polar surface area (TPSA) is 21.3 Å². The molecule has 0 aliphatic rings. The number of ether oxygens (including phenoxy) is 1. The molecule has 1 N–H and O–H groups in total. The van der Waals surface area contributed by atoms with Crippen molar-refractivity contribution in [3.63, 3.8) is 0 Å². The fraction of sp³-hybridized carbons (Fsp3) is 0.538. The van der Waals surface area contributed by atoms with Gasteiger partial charge in [0.05, 0.1) is 7.11 Å². The number of hydrogen-bond acceptors (Lipinski definition) is 2. The van der Waals surface area contributed by atoms with Crippen LogP contribution in [0.25, 0.3) is 0 Å². The first-order valence-corrected chi connectivity index (χ1v) is 5.66. The third-order valence-electron chi connectivity index (χ3n) is 2.63. The van der Waals surface area contributed by atoms with E-state index in [4.69, 9.17) is 4.74 Å². The van der Waals surface area contributed by atoms with Gasteiger partial charge in [-0.2, -0.15) is 0 Å². The van der Waals surface area contributed by atoms with Crippen LogP contribution >= 0.6 is 0 Å². The summed E-state index contributed by atoms with van der Waals surface area (Å²) >= 11 is 0. The zero-order valence-corrected chi connectivity index (χ0v) is 9.92. The molecule has 0 amide bonds. The first-order valence-electron chi connectivity index (χ1n) is 5.66. The van der Waals surface area contributed by atoms with Crippen molar-refractivity contribution in [2.75, 3.05) is 13.7 Å². The highest BCUT2D eigenvalue weighted by molar-refractivity contribution is 5.27. The van der Waals surface area contributed by atoms with Gasteiger partial charge in [-0.15, -0.1) is 0 Å². The summed E-state index contributed by atoms with van der Waals surface area (Å²) in [5.41, 5.74) is 1.36. The van der Waals surface area contributed by atoms with Gasteiger partial charge in [0, 0.05) is 6.04 Å². The SMILES string of the molecule is CCNC(CC)Cc1ccc(OC)cc1. The molecule has 1 aromatic rings. The number of nitrogens with one attached hydrogen (secondary N) is 1. The molecule has 1 aromatic carbocycles. The van der Waals surface area contributed by atoms with Gasteiger partial charge in [-0.05, 0) is 37.1 Å². The first-order chi connectivity index (χ1) is 7.30. The minimum absolute atomic E-state index is 0.586. The molecule has 0 aliphatic heterocycles.